The third-order valence-electron chi connectivity index (χ3n) is 2.99. The lowest BCUT2D eigenvalue weighted by molar-refractivity contribution is 0.860. The Kier molecular flexibility index (Phi) is 5.18. The van der Waals surface area contributed by atoms with Crippen LogP contribution in [0.4, 0.5) is 0 Å². The van der Waals surface area contributed by atoms with Gasteiger partial charge in [-0.3, -0.25) is 0 Å². The maximum atomic E-state index is 4.57. The quantitative estimate of drug-likeness (QED) is 0.496. The van der Waals surface area contributed by atoms with Crippen molar-refractivity contribution in [3.8, 4) is 0 Å². The molecule has 0 aliphatic carbocycles. The monoisotopic (exact) mass is 267 g/mol. The molecular formula is C17H21N3. The molecule has 0 heterocycles. The maximum Gasteiger partial charge on any atom is 0.191 e. The van der Waals surface area contributed by atoms with Gasteiger partial charge in [0.15, 0.2) is 5.96 Å². The van der Waals surface area contributed by atoms with E-state index in [0.717, 1.165) is 12.5 Å². The molecule has 104 valence electrons. The molecule has 20 heavy (non-hydrogen) atoms. The lowest BCUT2D eigenvalue weighted by atomic mass is 10.1. The zero-order chi connectivity index (χ0) is 14.2. The Labute approximate surface area is 120 Å². The third kappa shape index (κ3) is 3.85. The number of nitrogens with one attached hydrogen (secondary N) is 2. The molecule has 0 spiro atoms. The Balaban J connectivity index is 2.11. The van der Waals surface area contributed by atoms with Gasteiger partial charge in [-0.15, -0.1) is 6.58 Å². The van der Waals surface area contributed by atoms with E-state index < -0.39 is 0 Å². The first-order chi connectivity index (χ1) is 9.83. The van der Waals surface area contributed by atoms with E-state index in [9.17, 15) is 0 Å². The number of aliphatic imine (C=N–C) groups is 1. The molecular weight excluding hydrogens is 246 g/mol. The number of rotatable bonds is 5. The van der Waals surface area contributed by atoms with Crippen molar-refractivity contribution in [2.75, 3.05) is 13.1 Å². The maximum absolute atomic E-state index is 4.57. The molecule has 0 unspecified atom stereocenters. The molecule has 0 radical (unpaired) electrons. The smallest absolute Gasteiger partial charge is 0.191 e. The first kappa shape index (κ1) is 14.1. The average Bonchev–Trinajstić information content (AvgIpc) is 2.50. The molecule has 2 aromatic carbocycles. The number of hydrogen-bond acceptors (Lipinski definition) is 1. The molecule has 3 heteroatoms. The fraction of sp³-hybridized carbons (Fsp3) is 0.235. The first-order valence-electron chi connectivity index (χ1n) is 6.94. The van der Waals surface area contributed by atoms with Crippen molar-refractivity contribution in [1.82, 2.24) is 10.6 Å². The van der Waals surface area contributed by atoms with Crippen molar-refractivity contribution in [2.45, 2.75) is 13.5 Å². The van der Waals surface area contributed by atoms with Crippen LogP contribution in [0.1, 0.15) is 12.5 Å². The molecule has 0 bridgehead atoms. The van der Waals surface area contributed by atoms with E-state index >= 15 is 0 Å². The van der Waals surface area contributed by atoms with Crippen molar-refractivity contribution in [2.24, 2.45) is 4.99 Å². The molecule has 0 saturated heterocycles. The van der Waals surface area contributed by atoms with Crippen LogP contribution in [0.5, 0.6) is 0 Å². The van der Waals surface area contributed by atoms with Gasteiger partial charge < -0.3 is 10.6 Å². The summed E-state index contributed by atoms with van der Waals surface area (Å²) in [6.07, 6.45) is 1.82. The van der Waals surface area contributed by atoms with Crippen LogP contribution in [0.2, 0.25) is 0 Å². The van der Waals surface area contributed by atoms with E-state index in [0.29, 0.717) is 13.1 Å². The van der Waals surface area contributed by atoms with E-state index in [1.165, 1.54) is 16.3 Å². The normalized spacial score (nSPS) is 11.3. The highest BCUT2D eigenvalue weighted by molar-refractivity contribution is 5.83. The predicted octanol–water partition coefficient (Wildman–Crippen LogP) is 3.08. The molecule has 0 saturated carbocycles. The van der Waals surface area contributed by atoms with E-state index in [1.807, 2.05) is 6.08 Å². The molecule has 2 aromatic rings. The van der Waals surface area contributed by atoms with Gasteiger partial charge in [0.05, 0.1) is 6.54 Å². The van der Waals surface area contributed by atoms with Crippen LogP contribution in [0.15, 0.2) is 60.1 Å². The summed E-state index contributed by atoms with van der Waals surface area (Å²) in [7, 11) is 0. The van der Waals surface area contributed by atoms with Crippen LogP contribution in [0, 0.1) is 0 Å². The fourth-order valence-corrected chi connectivity index (χ4v) is 2.02. The number of fused-ring (bicyclic) bond motifs is 1. The number of benzene rings is 2. The van der Waals surface area contributed by atoms with Crippen molar-refractivity contribution < 1.29 is 0 Å². The van der Waals surface area contributed by atoms with Gasteiger partial charge in [-0.1, -0.05) is 42.5 Å². The first-order valence-corrected chi connectivity index (χ1v) is 6.94. The molecule has 0 aliphatic rings. The molecule has 2 rings (SSSR count). The van der Waals surface area contributed by atoms with E-state index in [2.05, 4.69) is 71.6 Å². The highest BCUT2D eigenvalue weighted by atomic mass is 15.2. The Morgan fingerprint density at radius 1 is 1.15 bits per heavy atom. The highest BCUT2D eigenvalue weighted by Crippen LogP contribution is 2.16. The SMILES string of the molecule is C=CCNC(=NCc1ccc2ccccc2c1)NCC. The van der Waals surface area contributed by atoms with Gasteiger partial charge in [0.1, 0.15) is 0 Å². The summed E-state index contributed by atoms with van der Waals surface area (Å²) in [6, 6.07) is 14.8. The van der Waals surface area contributed by atoms with Gasteiger partial charge in [0.2, 0.25) is 0 Å². The summed E-state index contributed by atoms with van der Waals surface area (Å²) in [6.45, 7) is 7.98. The molecule has 2 N–H and O–H groups in total. The summed E-state index contributed by atoms with van der Waals surface area (Å²) < 4.78 is 0. The Morgan fingerprint density at radius 3 is 2.70 bits per heavy atom. The van der Waals surface area contributed by atoms with Crippen LogP contribution in [-0.2, 0) is 6.54 Å². The highest BCUT2D eigenvalue weighted by Gasteiger charge is 1.98. The van der Waals surface area contributed by atoms with Gasteiger partial charge in [0.25, 0.3) is 0 Å². The van der Waals surface area contributed by atoms with Crippen LogP contribution >= 0.6 is 0 Å². The number of guanidine groups is 1. The Hall–Kier alpha value is -2.29. The van der Waals surface area contributed by atoms with E-state index in [-0.39, 0.29) is 0 Å². The number of hydrogen-bond donors (Lipinski definition) is 2. The van der Waals surface area contributed by atoms with Crippen LogP contribution < -0.4 is 10.6 Å². The van der Waals surface area contributed by atoms with Gasteiger partial charge >= 0.3 is 0 Å². The zero-order valence-electron chi connectivity index (χ0n) is 11.9. The Bertz CT molecular complexity index is 602. The predicted molar refractivity (Wildman–Crippen MR) is 87.0 cm³/mol. The van der Waals surface area contributed by atoms with Crippen LogP contribution in [0.25, 0.3) is 10.8 Å². The van der Waals surface area contributed by atoms with E-state index in [4.69, 9.17) is 0 Å². The Morgan fingerprint density at radius 2 is 1.95 bits per heavy atom. The summed E-state index contributed by atoms with van der Waals surface area (Å²) >= 11 is 0. The number of nitrogens with zero attached hydrogens (tertiary/aromatic N) is 1. The van der Waals surface area contributed by atoms with Crippen molar-refractivity contribution >= 4 is 16.7 Å². The average molecular weight is 267 g/mol. The molecule has 0 atom stereocenters. The van der Waals surface area contributed by atoms with Crippen LogP contribution in [0.3, 0.4) is 0 Å². The lowest BCUT2D eigenvalue weighted by Gasteiger charge is -2.09. The summed E-state index contributed by atoms with van der Waals surface area (Å²) in [5.74, 6) is 0.820. The van der Waals surface area contributed by atoms with E-state index in [1.54, 1.807) is 0 Å². The molecule has 0 aliphatic heterocycles. The van der Waals surface area contributed by atoms with Crippen molar-refractivity contribution in [3.63, 3.8) is 0 Å². The second-order valence-corrected chi connectivity index (χ2v) is 4.55. The van der Waals surface area contributed by atoms with Crippen LogP contribution in [-0.4, -0.2) is 19.0 Å². The van der Waals surface area contributed by atoms with Gasteiger partial charge in [-0.2, -0.15) is 0 Å². The minimum atomic E-state index is 0.664. The topological polar surface area (TPSA) is 36.4 Å². The molecule has 0 aromatic heterocycles. The largest absolute Gasteiger partial charge is 0.357 e. The van der Waals surface area contributed by atoms with Gasteiger partial charge in [0, 0.05) is 13.1 Å². The minimum Gasteiger partial charge on any atom is -0.357 e. The van der Waals surface area contributed by atoms with Crippen molar-refractivity contribution in [1.29, 1.82) is 0 Å². The summed E-state index contributed by atoms with van der Waals surface area (Å²) in [4.78, 5) is 4.57. The summed E-state index contributed by atoms with van der Waals surface area (Å²) in [5.41, 5.74) is 1.21. The summed E-state index contributed by atoms with van der Waals surface area (Å²) in [5, 5.41) is 8.93. The second kappa shape index (κ2) is 7.34. The van der Waals surface area contributed by atoms with Crippen molar-refractivity contribution in [3.05, 3.63) is 60.7 Å². The van der Waals surface area contributed by atoms with Gasteiger partial charge in [-0.05, 0) is 29.3 Å². The molecule has 0 fully saturated rings. The minimum absolute atomic E-state index is 0.664. The third-order valence-corrected chi connectivity index (χ3v) is 2.99. The molecule has 0 amide bonds. The standard InChI is InChI=1S/C17H21N3/c1-3-11-19-17(18-4-2)20-13-14-9-10-15-7-5-6-8-16(15)12-14/h3,5-10,12H,1,4,11,13H2,2H3,(H2,18,19,20). The van der Waals surface area contributed by atoms with Gasteiger partial charge in [-0.25, -0.2) is 4.99 Å². The zero-order valence-corrected chi connectivity index (χ0v) is 11.9. The lowest BCUT2D eigenvalue weighted by Crippen LogP contribution is -2.37. The second-order valence-electron chi connectivity index (χ2n) is 4.55. The fourth-order valence-electron chi connectivity index (χ4n) is 2.02. The molecule has 3 nitrogen and oxygen atoms in total.